The zero-order chi connectivity index (χ0) is 12.9. The predicted octanol–water partition coefficient (Wildman–Crippen LogP) is 0.293. The van der Waals surface area contributed by atoms with Crippen molar-refractivity contribution in [2.24, 2.45) is 17.8 Å². The van der Waals surface area contributed by atoms with Crippen LogP contribution < -0.4 is 9.44 Å². The highest BCUT2D eigenvalue weighted by Gasteiger charge is 2.48. The lowest BCUT2D eigenvalue weighted by molar-refractivity contribution is 0.119. The summed E-state index contributed by atoms with van der Waals surface area (Å²) in [6, 6.07) is 0. The van der Waals surface area contributed by atoms with Crippen molar-refractivity contribution in [3.05, 3.63) is 11.3 Å². The van der Waals surface area contributed by atoms with Crippen molar-refractivity contribution in [3.63, 3.8) is 0 Å². The molecular formula is C10H16N2O4S2. The second-order valence-electron chi connectivity index (χ2n) is 5.37. The van der Waals surface area contributed by atoms with Gasteiger partial charge in [0.25, 0.3) is 0 Å². The molecule has 0 saturated heterocycles. The number of nitrogens with one attached hydrogen (secondary N) is 2. The highest BCUT2D eigenvalue weighted by molar-refractivity contribution is 7.99. The van der Waals surface area contributed by atoms with Gasteiger partial charge in [-0.25, -0.2) is 12.6 Å². The molecule has 0 amide bonds. The minimum Gasteiger partial charge on any atom is -0.374 e. The van der Waals surface area contributed by atoms with Gasteiger partial charge in [0.05, 0.1) is 0 Å². The van der Waals surface area contributed by atoms with Crippen molar-refractivity contribution in [3.8, 4) is 0 Å². The Bertz CT molecular complexity index is 514. The maximum absolute atomic E-state index is 11.4. The monoisotopic (exact) mass is 292 g/mol. The molecule has 4 bridgehead atoms. The van der Waals surface area contributed by atoms with Gasteiger partial charge in [-0.05, 0) is 49.0 Å². The number of allylic oxidation sites excluding steroid dienone is 2. The van der Waals surface area contributed by atoms with Gasteiger partial charge in [0.2, 0.25) is 21.3 Å². The minimum absolute atomic E-state index is 0.329. The molecule has 0 radical (unpaired) electrons. The quantitative estimate of drug-likeness (QED) is 0.633. The average Bonchev–Trinajstić information content (AvgIpc) is 2.24. The topological polar surface area (TPSA) is 95.5 Å². The Morgan fingerprint density at radius 2 is 1.94 bits per heavy atom. The van der Waals surface area contributed by atoms with Gasteiger partial charge in [-0.3, -0.25) is 4.55 Å². The van der Waals surface area contributed by atoms with Crippen LogP contribution in [0.25, 0.3) is 0 Å². The summed E-state index contributed by atoms with van der Waals surface area (Å²) in [5.41, 5.74) is 2.48. The fraction of sp³-hybridized carbons (Fsp3) is 0.800. The molecule has 3 saturated carbocycles. The van der Waals surface area contributed by atoms with Crippen LogP contribution in [0.4, 0.5) is 0 Å². The Morgan fingerprint density at radius 1 is 1.28 bits per heavy atom. The molecule has 6 nitrogen and oxygen atoms in total. The van der Waals surface area contributed by atoms with Crippen molar-refractivity contribution < 1.29 is 17.2 Å². The number of hydrogen-bond acceptors (Lipinski definition) is 4. The SMILES string of the molecule is O=S(O)NS(=O)(=O)CNC1=C2C3CC(C1)CC2C3. The zero-order valence-corrected chi connectivity index (χ0v) is 11.4. The standard InChI is InChI=1S/C10H16N2O4S2/c13-17(14)12-18(15,16)5-11-9-3-6-1-7-4-8(2-6)10(7)9/h6-8,11-12H,1-5H2,(H,13,14). The van der Waals surface area contributed by atoms with Gasteiger partial charge < -0.3 is 5.32 Å². The van der Waals surface area contributed by atoms with Crippen molar-refractivity contribution in [1.29, 1.82) is 0 Å². The lowest BCUT2D eigenvalue weighted by atomic mass is 9.53. The van der Waals surface area contributed by atoms with Gasteiger partial charge in [-0.15, -0.1) is 4.13 Å². The summed E-state index contributed by atoms with van der Waals surface area (Å²) in [4.78, 5) is 0. The van der Waals surface area contributed by atoms with E-state index in [-0.39, 0.29) is 5.88 Å². The summed E-state index contributed by atoms with van der Waals surface area (Å²) >= 11 is -2.54. The number of rotatable bonds is 5. The fourth-order valence-electron chi connectivity index (χ4n) is 3.68. The molecule has 0 spiro atoms. The Morgan fingerprint density at radius 3 is 2.50 bits per heavy atom. The van der Waals surface area contributed by atoms with E-state index >= 15 is 0 Å². The van der Waals surface area contributed by atoms with E-state index in [0.717, 1.165) is 12.1 Å². The van der Waals surface area contributed by atoms with Crippen molar-refractivity contribution in [2.75, 3.05) is 5.88 Å². The van der Waals surface area contributed by atoms with Crippen LogP contribution >= 0.6 is 0 Å². The Kier molecular flexibility index (Phi) is 3.00. The molecule has 5 aliphatic rings. The first-order valence-corrected chi connectivity index (χ1v) is 8.78. The molecule has 5 rings (SSSR count). The van der Waals surface area contributed by atoms with E-state index in [1.54, 1.807) is 4.13 Å². The third-order valence-corrected chi connectivity index (χ3v) is 6.31. The van der Waals surface area contributed by atoms with Gasteiger partial charge in [0.1, 0.15) is 5.88 Å². The van der Waals surface area contributed by atoms with Gasteiger partial charge in [-0.1, -0.05) is 0 Å². The number of fused-ring (bicyclic) bond motifs is 1. The summed E-state index contributed by atoms with van der Waals surface area (Å²) in [6.45, 7) is 0. The van der Waals surface area contributed by atoms with Gasteiger partial charge >= 0.3 is 0 Å². The third-order valence-electron chi connectivity index (χ3n) is 4.20. The third kappa shape index (κ3) is 2.22. The van der Waals surface area contributed by atoms with E-state index in [4.69, 9.17) is 4.55 Å². The first-order valence-electron chi connectivity index (χ1n) is 6.02. The summed E-state index contributed by atoms with van der Waals surface area (Å²) in [5, 5.41) is 2.94. The molecule has 3 unspecified atom stereocenters. The number of sulfonamides is 1. The van der Waals surface area contributed by atoms with Gasteiger partial charge in [0.15, 0.2) is 0 Å². The smallest absolute Gasteiger partial charge is 0.245 e. The lowest BCUT2D eigenvalue weighted by Crippen LogP contribution is -2.46. The van der Waals surface area contributed by atoms with E-state index in [0.29, 0.717) is 17.8 Å². The lowest BCUT2D eigenvalue weighted by Gasteiger charge is -2.53. The Hall–Kier alpha value is -0.440. The second kappa shape index (κ2) is 4.29. The molecule has 0 aromatic rings. The average molecular weight is 292 g/mol. The molecule has 3 fully saturated rings. The minimum atomic E-state index is -3.75. The fourth-order valence-corrected chi connectivity index (χ4v) is 5.15. The van der Waals surface area contributed by atoms with Crippen LogP contribution in [0.1, 0.15) is 25.7 Å². The molecular weight excluding hydrogens is 276 g/mol. The summed E-state index contributed by atoms with van der Waals surface area (Å²) in [5.74, 6) is 1.68. The van der Waals surface area contributed by atoms with Crippen LogP contribution in [0.2, 0.25) is 0 Å². The zero-order valence-electron chi connectivity index (χ0n) is 9.76. The highest BCUT2D eigenvalue weighted by Crippen LogP contribution is 2.58. The highest BCUT2D eigenvalue weighted by atomic mass is 32.3. The van der Waals surface area contributed by atoms with Crippen LogP contribution in [0.3, 0.4) is 0 Å². The van der Waals surface area contributed by atoms with Crippen LogP contribution in [-0.4, -0.2) is 23.1 Å². The van der Waals surface area contributed by atoms with Crippen molar-refractivity contribution >= 4 is 21.3 Å². The summed E-state index contributed by atoms with van der Waals surface area (Å²) in [7, 11) is -3.75. The summed E-state index contributed by atoms with van der Waals surface area (Å²) < 4.78 is 43.5. The molecule has 0 heterocycles. The van der Waals surface area contributed by atoms with E-state index in [9.17, 15) is 12.6 Å². The molecule has 18 heavy (non-hydrogen) atoms. The largest absolute Gasteiger partial charge is 0.374 e. The molecule has 0 aromatic heterocycles. The van der Waals surface area contributed by atoms with E-state index in [1.165, 1.54) is 24.8 Å². The molecule has 0 aromatic carbocycles. The van der Waals surface area contributed by atoms with Crippen LogP contribution in [-0.2, 0) is 21.3 Å². The molecule has 3 atom stereocenters. The van der Waals surface area contributed by atoms with Crippen molar-refractivity contribution in [1.82, 2.24) is 9.44 Å². The second-order valence-corrected chi connectivity index (χ2v) is 8.06. The first-order chi connectivity index (χ1) is 8.44. The normalized spacial score (nSPS) is 35.3. The molecule has 102 valence electrons. The molecule has 0 aliphatic heterocycles. The van der Waals surface area contributed by atoms with Crippen LogP contribution in [0.5, 0.6) is 0 Å². The maximum Gasteiger partial charge on any atom is 0.245 e. The molecule has 5 aliphatic carbocycles. The van der Waals surface area contributed by atoms with Crippen LogP contribution in [0.15, 0.2) is 11.3 Å². The first kappa shape index (κ1) is 12.6. The predicted molar refractivity (Wildman–Crippen MR) is 66.8 cm³/mol. The summed E-state index contributed by atoms with van der Waals surface area (Å²) in [6.07, 6.45) is 4.69. The Labute approximate surface area is 109 Å². The van der Waals surface area contributed by atoms with Gasteiger partial charge in [0, 0.05) is 5.70 Å². The molecule has 8 heteroatoms. The Balaban J connectivity index is 1.67. The van der Waals surface area contributed by atoms with E-state index in [2.05, 4.69) is 5.32 Å². The van der Waals surface area contributed by atoms with E-state index in [1.807, 2.05) is 0 Å². The van der Waals surface area contributed by atoms with Gasteiger partial charge in [-0.2, -0.15) is 0 Å². The molecule has 3 N–H and O–H groups in total. The van der Waals surface area contributed by atoms with Crippen LogP contribution in [0, 0.1) is 17.8 Å². The number of hydrogen-bond donors (Lipinski definition) is 3. The van der Waals surface area contributed by atoms with E-state index < -0.39 is 21.3 Å². The van der Waals surface area contributed by atoms with Crippen molar-refractivity contribution in [2.45, 2.75) is 25.7 Å². The maximum atomic E-state index is 11.4.